The van der Waals surface area contributed by atoms with Gasteiger partial charge in [0.25, 0.3) is 5.91 Å². The maximum atomic E-state index is 12.1. The number of nitrogens with one attached hydrogen (secondary N) is 1. The molecule has 0 radical (unpaired) electrons. The lowest BCUT2D eigenvalue weighted by Crippen LogP contribution is -2.25. The molecule has 0 unspecified atom stereocenters. The maximum Gasteiger partial charge on any atom is 0.263 e. The maximum absolute atomic E-state index is 12.1. The quantitative estimate of drug-likeness (QED) is 0.935. The van der Waals surface area contributed by atoms with E-state index in [4.69, 9.17) is 0 Å². The smallest absolute Gasteiger partial charge is 0.263 e. The normalized spacial score (nSPS) is 14.4. The highest BCUT2D eigenvalue weighted by atomic mass is 32.1. The van der Waals surface area contributed by atoms with Gasteiger partial charge in [0.2, 0.25) is 5.95 Å². The number of hydrogen-bond acceptors (Lipinski definition) is 6. The Morgan fingerprint density at radius 3 is 2.77 bits per heavy atom. The van der Waals surface area contributed by atoms with Crippen molar-refractivity contribution in [2.75, 3.05) is 18.0 Å². The summed E-state index contributed by atoms with van der Waals surface area (Å²) in [6.45, 7) is 6.22. The molecule has 7 heteroatoms. The van der Waals surface area contributed by atoms with Crippen molar-refractivity contribution in [3.8, 4) is 0 Å². The minimum atomic E-state index is -0.0982. The Morgan fingerprint density at radius 1 is 1.32 bits per heavy atom. The van der Waals surface area contributed by atoms with Crippen LogP contribution in [0.25, 0.3) is 0 Å². The van der Waals surface area contributed by atoms with E-state index in [-0.39, 0.29) is 5.91 Å². The first-order valence-corrected chi connectivity index (χ1v) is 8.29. The zero-order valence-corrected chi connectivity index (χ0v) is 13.6. The van der Waals surface area contributed by atoms with Crippen LogP contribution in [0.15, 0.2) is 11.6 Å². The lowest BCUT2D eigenvalue weighted by Gasteiger charge is -2.16. The van der Waals surface area contributed by atoms with E-state index < -0.39 is 0 Å². The summed E-state index contributed by atoms with van der Waals surface area (Å²) in [5.41, 5.74) is 4.21. The third kappa shape index (κ3) is 3.24. The fourth-order valence-corrected chi connectivity index (χ4v) is 3.26. The van der Waals surface area contributed by atoms with Gasteiger partial charge in [-0.2, -0.15) is 0 Å². The van der Waals surface area contributed by atoms with Crippen molar-refractivity contribution < 1.29 is 4.79 Å². The molecule has 0 saturated carbocycles. The average Bonchev–Trinajstić information content (AvgIpc) is 3.15. The first kappa shape index (κ1) is 14.9. The van der Waals surface area contributed by atoms with Gasteiger partial charge in [0.1, 0.15) is 4.88 Å². The molecule has 0 aliphatic carbocycles. The summed E-state index contributed by atoms with van der Waals surface area (Å²) in [5, 5.41) is 2.91. The van der Waals surface area contributed by atoms with E-state index in [1.54, 1.807) is 5.51 Å². The van der Waals surface area contributed by atoms with Gasteiger partial charge < -0.3 is 10.2 Å². The van der Waals surface area contributed by atoms with E-state index in [2.05, 4.69) is 25.2 Å². The zero-order valence-electron chi connectivity index (χ0n) is 12.8. The van der Waals surface area contributed by atoms with Crippen LogP contribution in [0.3, 0.4) is 0 Å². The molecule has 22 heavy (non-hydrogen) atoms. The highest BCUT2D eigenvalue weighted by Crippen LogP contribution is 2.17. The van der Waals surface area contributed by atoms with Crippen LogP contribution >= 0.6 is 11.3 Å². The van der Waals surface area contributed by atoms with Crippen LogP contribution in [0.4, 0.5) is 5.95 Å². The zero-order chi connectivity index (χ0) is 15.5. The summed E-state index contributed by atoms with van der Waals surface area (Å²) in [6, 6.07) is 1.92. The Labute approximate surface area is 133 Å². The number of carbonyl (C=O) groups is 1. The predicted molar refractivity (Wildman–Crippen MR) is 86.2 cm³/mol. The summed E-state index contributed by atoms with van der Waals surface area (Å²) in [6.07, 6.45) is 2.38. The van der Waals surface area contributed by atoms with Gasteiger partial charge in [-0.1, -0.05) is 0 Å². The molecular weight excluding hydrogens is 298 g/mol. The van der Waals surface area contributed by atoms with Gasteiger partial charge in [-0.05, 0) is 32.8 Å². The van der Waals surface area contributed by atoms with Gasteiger partial charge in [0.05, 0.1) is 23.4 Å². The fraction of sp³-hybridized carbons (Fsp3) is 0.467. The summed E-state index contributed by atoms with van der Waals surface area (Å²) in [4.78, 5) is 28.2. The number of aryl methyl sites for hydroxylation is 2. The third-order valence-electron chi connectivity index (χ3n) is 3.67. The van der Waals surface area contributed by atoms with Crippen LogP contribution in [0, 0.1) is 13.8 Å². The topological polar surface area (TPSA) is 71.0 Å². The number of nitrogens with zero attached hydrogens (tertiary/aromatic N) is 4. The molecule has 1 fully saturated rings. The van der Waals surface area contributed by atoms with Crippen LogP contribution in [-0.2, 0) is 6.54 Å². The average molecular weight is 317 g/mol. The minimum Gasteiger partial charge on any atom is -0.346 e. The number of rotatable bonds is 4. The lowest BCUT2D eigenvalue weighted by molar-refractivity contribution is 0.0953. The molecule has 1 aliphatic heterocycles. The van der Waals surface area contributed by atoms with E-state index in [0.717, 1.165) is 36.1 Å². The van der Waals surface area contributed by atoms with E-state index in [0.29, 0.717) is 11.4 Å². The molecule has 1 saturated heterocycles. The van der Waals surface area contributed by atoms with Crippen molar-refractivity contribution in [3.05, 3.63) is 33.5 Å². The van der Waals surface area contributed by atoms with Crippen molar-refractivity contribution in [1.29, 1.82) is 0 Å². The number of thiazole rings is 1. The Hall–Kier alpha value is -2.02. The Kier molecular flexibility index (Phi) is 4.33. The van der Waals surface area contributed by atoms with E-state index in [1.165, 1.54) is 24.2 Å². The molecule has 3 rings (SSSR count). The largest absolute Gasteiger partial charge is 0.346 e. The second-order valence-electron chi connectivity index (χ2n) is 5.44. The standard InChI is InChI=1S/C15H19N5OS/c1-10-7-12(19-15(18-10)20-5-3-4-6-20)8-16-14(21)13-11(2)17-9-22-13/h7,9H,3-6,8H2,1-2H3,(H,16,21). The lowest BCUT2D eigenvalue weighted by atomic mass is 10.3. The van der Waals surface area contributed by atoms with Crippen LogP contribution < -0.4 is 10.2 Å². The molecule has 2 aromatic heterocycles. The number of carbonyl (C=O) groups excluding carboxylic acids is 1. The van der Waals surface area contributed by atoms with Crippen molar-refractivity contribution in [1.82, 2.24) is 20.3 Å². The van der Waals surface area contributed by atoms with Gasteiger partial charge in [-0.15, -0.1) is 11.3 Å². The number of amides is 1. The first-order chi connectivity index (χ1) is 10.6. The summed E-state index contributed by atoms with van der Waals surface area (Å²) < 4.78 is 0. The van der Waals surface area contributed by atoms with Crippen molar-refractivity contribution in [2.45, 2.75) is 33.2 Å². The van der Waals surface area contributed by atoms with Crippen molar-refractivity contribution in [2.24, 2.45) is 0 Å². The fourth-order valence-electron chi connectivity index (χ4n) is 2.54. The second kappa shape index (κ2) is 6.39. The third-order valence-corrected chi connectivity index (χ3v) is 4.59. The van der Waals surface area contributed by atoms with E-state index in [9.17, 15) is 4.79 Å². The molecule has 0 aromatic carbocycles. The molecule has 1 amide bonds. The Bertz CT molecular complexity index is 678. The second-order valence-corrected chi connectivity index (χ2v) is 6.30. The highest BCUT2D eigenvalue weighted by Gasteiger charge is 2.16. The number of anilines is 1. The molecule has 0 bridgehead atoms. The highest BCUT2D eigenvalue weighted by molar-refractivity contribution is 7.11. The van der Waals surface area contributed by atoms with Gasteiger partial charge >= 0.3 is 0 Å². The molecule has 3 heterocycles. The van der Waals surface area contributed by atoms with Crippen molar-refractivity contribution in [3.63, 3.8) is 0 Å². The van der Waals surface area contributed by atoms with Crippen LogP contribution in [0.2, 0.25) is 0 Å². The molecule has 2 aromatic rings. The molecular formula is C15H19N5OS. The van der Waals surface area contributed by atoms with E-state index in [1.807, 2.05) is 19.9 Å². The molecule has 0 spiro atoms. The monoisotopic (exact) mass is 317 g/mol. The van der Waals surface area contributed by atoms with Crippen molar-refractivity contribution >= 4 is 23.2 Å². The van der Waals surface area contributed by atoms with Gasteiger partial charge in [0, 0.05) is 18.8 Å². The minimum absolute atomic E-state index is 0.0982. The van der Waals surface area contributed by atoms with Gasteiger partial charge in [-0.3, -0.25) is 4.79 Å². The predicted octanol–water partition coefficient (Wildman–Crippen LogP) is 2.08. The van der Waals surface area contributed by atoms with Crippen LogP contribution in [-0.4, -0.2) is 33.9 Å². The molecule has 116 valence electrons. The Balaban J connectivity index is 1.69. The van der Waals surface area contributed by atoms with Gasteiger partial charge in [0.15, 0.2) is 0 Å². The number of hydrogen-bond donors (Lipinski definition) is 1. The summed E-state index contributed by atoms with van der Waals surface area (Å²) >= 11 is 1.36. The SMILES string of the molecule is Cc1cc(CNC(=O)c2scnc2C)nc(N2CCCC2)n1. The molecule has 6 nitrogen and oxygen atoms in total. The molecule has 1 aliphatic rings. The van der Waals surface area contributed by atoms with E-state index >= 15 is 0 Å². The van der Waals surface area contributed by atoms with Crippen LogP contribution in [0.1, 0.15) is 39.6 Å². The molecule has 0 atom stereocenters. The molecule has 1 N–H and O–H groups in total. The summed E-state index contributed by atoms with van der Waals surface area (Å²) in [5.74, 6) is 0.676. The Morgan fingerprint density at radius 2 is 2.09 bits per heavy atom. The number of aromatic nitrogens is 3. The van der Waals surface area contributed by atoms with Crippen LogP contribution in [0.5, 0.6) is 0 Å². The summed E-state index contributed by atoms with van der Waals surface area (Å²) in [7, 11) is 0. The van der Waals surface area contributed by atoms with Gasteiger partial charge in [-0.25, -0.2) is 15.0 Å². The first-order valence-electron chi connectivity index (χ1n) is 7.41.